The Labute approximate surface area is 51.4 Å². The fourth-order valence-corrected chi connectivity index (χ4v) is 0.545. The second-order valence-electron chi connectivity index (χ2n) is 1.63. The molecule has 0 aromatic carbocycles. The molecular weight excluding hydrogens is 122 g/mol. The van der Waals surface area contributed by atoms with E-state index in [-0.39, 0.29) is 12.3 Å². The first-order valence-electron chi connectivity index (χ1n) is 2.33. The van der Waals surface area contributed by atoms with Crippen LogP contribution in [0, 0.1) is 0 Å². The molecule has 1 fully saturated rings. The van der Waals surface area contributed by atoms with Gasteiger partial charge in [0.2, 0.25) is 0 Å². The van der Waals surface area contributed by atoms with E-state index < -0.39 is 5.97 Å². The smallest absolute Gasteiger partial charge is 0.361 e. The third kappa shape index (κ3) is 0.782. The molecule has 4 nitrogen and oxygen atoms in total. The predicted molar refractivity (Wildman–Crippen MR) is 29.3 cm³/mol. The number of carbonyl (C=O) groups excluding carboxylic acids is 1. The lowest BCUT2D eigenvalue weighted by atomic mass is 10.2. The van der Waals surface area contributed by atoms with Crippen LogP contribution in [0.1, 0.15) is 0 Å². The number of rotatable bonds is 0. The molecule has 1 heterocycles. The van der Waals surface area contributed by atoms with Crippen molar-refractivity contribution in [3.63, 3.8) is 0 Å². The molecule has 9 heavy (non-hydrogen) atoms. The van der Waals surface area contributed by atoms with E-state index in [4.69, 9.17) is 5.21 Å². The molecule has 0 radical (unpaired) electrons. The Balaban J connectivity index is 2.91. The molecule has 0 atom stereocenters. The minimum atomic E-state index is -0.609. The van der Waals surface area contributed by atoms with Crippen LogP contribution in [-0.4, -0.2) is 23.5 Å². The number of nitrogens with zero attached hydrogens (tertiary/aromatic N) is 1. The fourth-order valence-electron chi connectivity index (χ4n) is 0.545. The maximum atomic E-state index is 10.4. The average Bonchev–Trinajstić information content (AvgIpc) is 2.12. The van der Waals surface area contributed by atoms with Crippen LogP contribution < -0.4 is 0 Å². The zero-order chi connectivity index (χ0) is 6.85. The monoisotopic (exact) mass is 127 g/mol. The van der Waals surface area contributed by atoms with Crippen LogP contribution in [0.15, 0.2) is 17.3 Å². The molecule has 48 valence electrons. The van der Waals surface area contributed by atoms with Gasteiger partial charge in [-0.3, -0.25) is 0 Å². The van der Waals surface area contributed by atoms with Gasteiger partial charge in [0.25, 0.3) is 0 Å². The first-order chi connectivity index (χ1) is 4.25. The summed E-state index contributed by atoms with van der Waals surface area (Å²) in [7, 11) is 0. The average molecular weight is 127 g/mol. The first-order valence-corrected chi connectivity index (χ1v) is 2.33. The second kappa shape index (κ2) is 1.89. The summed E-state index contributed by atoms with van der Waals surface area (Å²) in [5.74, 6) is -0.609. The summed E-state index contributed by atoms with van der Waals surface area (Å²) in [4.78, 5) is 10.4. The highest BCUT2D eigenvalue weighted by molar-refractivity contribution is 6.44. The Hall–Kier alpha value is -1.32. The summed E-state index contributed by atoms with van der Waals surface area (Å²) >= 11 is 0. The summed E-state index contributed by atoms with van der Waals surface area (Å²) in [6.45, 7) is 3.56. The first kappa shape index (κ1) is 5.81. The summed E-state index contributed by atoms with van der Waals surface area (Å²) in [5.41, 5.74) is 0.345. The largest absolute Gasteiger partial charge is 0.456 e. The predicted octanol–water partition coefficient (Wildman–Crippen LogP) is -0.0704. The highest BCUT2D eigenvalue weighted by Gasteiger charge is 2.25. The standard InChI is InChI=1S/C5H5NO3/c1-3-2-9-5(7)4(3)6-8/h8H,1-2H2/b6-4+. The zero-order valence-electron chi connectivity index (χ0n) is 4.63. The van der Waals surface area contributed by atoms with Crippen molar-refractivity contribution < 1.29 is 14.7 Å². The summed E-state index contributed by atoms with van der Waals surface area (Å²) in [5, 5.41) is 10.8. The molecule has 0 aromatic heterocycles. The van der Waals surface area contributed by atoms with Gasteiger partial charge in [0.1, 0.15) is 6.61 Å². The van der Waals surface area contributed by atoms with E-state index >= 15 is 0 Å². The topological polar surface area (TPSA) is 58.9 Å². The molecule has 1 aliphatic rings. The zero-order valence-corrected chi connectivity index (χ0v) is 4.63. The molecule has 1 saturated heterocycles. The van der Waals surface area contributed by atoms with Crippen LogP contribution in [0.5, 0.6) is 0 Å². The normalized spacial score (nSPS) is 22.9. The lowest BCUT2D eigenvalue weighted by Crippen LogP contribution is -2.06. The van der Waals surface area contributed by atoms with Crippen LogP contribution in [-0.2, 0) is 9.53 Å². The van der Waals surface area contributed by atoms with Gasteiger partial charge < -0.3 is 9.94 Å². The molecular formula is C5H5NO3. The molecule has 0 saturated carbocycles. The van der Waals surface area contributed by atoms with Gasteiger partial charge in [0.15, 0.2) is 5.71 Å². The van der Waals surface area contributed by atoms with Gasteiger partial charge in [-0.2, -0.15) is 0 Å². The molecule has 0 aromatic rings. The molecule has 1 N–H and O–H groups in total. The van der Waals surface area contributed by atoms with Crippen molar-refractivity contribution in [1.82, 2.24) is 0 Å². The molecule has 0 unspecified atom stereocenters. The number of hydrogen-bond donors (Lipinski definition) is 1. The Morgan fingerprint density at radius 3 is 2.67 bits per heavy atom. The Morgan fingerprint density at radius 2 is 2.44 bits per heavy atom. The molecule has 0 amide bonds. The summed E-state index contributed by atoms with van der Waals surface area (Å²) < 4.78 is 4.44. The maximum Gasteiger partial charge on any atom is 0.361 e. The molecule has 0 aliphatic carbocycles. The Morgan fingerprint density at radius 1 is 1.78 bits per heavy atom. The molecule has 4 heteroatoms. The minimum Gasteiger partial charge on any atom is -0.456 e. The number of carbonyl (C=O) groups is 1. The van der Waals surface area contributed by atoms with E-state index in [1.165, 1.54) is 0 Å². The van der Waals surface area contributed by atoms with Gasteiger partial charge in [-0.1, -0.05) is 11.7 Å². The lowest BCUT2D eigenvalue weighted by Gasteiger charge is -1.82. The van der Waals surface area contributed by atoms with Crippen molar-refractivity contribution >= 4 is 11.7 Å². The minimum absolute atomic E-state index is 0.0741. The molecule has 1 aliphatic heterocycles. The number of ether oxygens (including phenoxy) is 1. The van der Waals surface area contributed by atoms with E-state index in [9.17, 15) is 4.79 Å². The van der Waals surface area contributed by atoms with Gasteiger partial charge in [-0.25, -0.2) is 4.79 Å². The van der Waals surface area contributed by atoms with Crippen LogP contribution >= 0.6 is 0 Å². The van der Waals surface area contributed by atoms with E-state index in [2.05, 4.69) is 16.5 Å². The van der Waals surface area contributed by atoms with E-state index in [0.29, 0.717) is 5.57 Å². The van der Waals surface area contributed by atoms with Gasteiger partial charge in [-0.05, 0) is 0 Å². The van der Waals surface area contributed by atoms with Crippen molar-refractivity contribution in [3.8, 4) is 0 Å². The van der Waals surface area contributed by atoms with Crippen LogP contribution in [0.3, 0.4) is 0 Å². The van der Waals surface area contributed by atoms with E-state index in [1.807, 2.05) is 0 Å². The van der Waals surface area contributed by atoms with E-state index in [1.54, 1.807) is 0 Å². The van der Waals surface area contributed by atoms with E-state index in [0.717, 1.165) is 0 Å². The number of hydrogen-bond acceptors (Lipinski definition) is 4. The van der Waals surface area contributed by atoms with Gasteiger partial charge in [0.05, 0.1) is 0 Å². The van der Waals surface area contributed by atoms with Crippen LogP contribution in [0.25, 0.3) is 0 Å². The third-order valence-electron chi connectivity index (χ3n) is 1.01. The third-order valence-corrected chi connectivity index (χ3v) is 1.01. The summed E-state index contributed by atoms with van der Waals surface area (Å²) in [6.07, 6.45) is 0. The van der Waals surface area contributed by atoms with Gasteiger partial charge >= 0.3 is 5.97 Å². The van der Waals surface area contributed by atoms with Crippen LogP contribution in [0.2, 0.25) is 0 Å². The molecule has 0 spiro atoms. The number of cyclic esters (lactones) is 1. The number of esters is 1. The highest BCUT2D eigenvalue weighted by Crippen LogP contribution is 2.06. The number of oxime groups is 1. The second-order valence-corrected chi connectivity index (χ2v) is 1.63. The molecule has 0 bridgehead atoms. The van der Waals surface area contributed by atoms with Crippen molar-refractivity contribution in [3.05, 3.63) is 12.2 Å². The van der Waals surface area contributed by atoms with Gasteiger partial charge in [0, 0.05) is 5.57 Å². The van der Waals surface area contributed by atoms with Crippen molar-refractivity contribution in [2.24, 2.45) is 5.16 Å². The summed E-state index contributed by atoms with van der Waals surface area (Å²) in [6, 6.07) is 0. The Kier molecular flexibility index (Phi) is 1.22. The lowest BCUT2D eigenvalue weighted by molar-refractivity contribution is -0.132. The highest BCUT2D eigenvalue weighted by atomic mass is 16.5. The van der Waals surface area contributed by atoms with Crippen molar-refractivity contribution in [2.45, 2.75) is 0 Å². The van der Waals surface area contributed by atoms with Crippen molar-refractivity contribution in [1.29, 1.82) is 0 Å². The quantitative estimate of drug-likeness (QED) is 0.281. The molecule has 1 rings (SSSR count). The fraction of sp³-hybridized carbons (Fsp3) is 0.200. The maximum absolute atomic E-state index is 10.4. The SMILES string of the molecule is C=C1COC(=O)/C1=N/O. The van der Waals surface area contributed by atoms with Crippen molar-refractivity contribution in [2.75, 3.05) is 6.61 Å². The van der Waals surface area contributed by atoms with Crippen LogP contribution in [0.4, 0.5) is 0 Å². The Bertz CT molecular complexity index is 176. The van der Waals surface area contributed by atoms with Gasteiger partial charge in [-0.15, -0.1) is 0 Å².